The summed E-state index contributed by atoms with van der Waals surface area (Å²) in [5.41, 5.74) is 3.08. The lowest BCUT2D eigenvalue weighted by Crippen LogP contribution is -2.41. The molecular weight excluding hydrogens is 442 g/mol. The van der Waals surface area contributed by atoms with Gasteiger partial charge < -0.3 is 14.8 Å². The smallest absolute Gasteiger partial charge is 0.326 e. The summed E-state index contributed by atoms with van der Waals surface area (Å²) in [5.74, 6) is -1.76. The minimum atomic E-state index is -3.44. The molecule has 2 aromatic heterocycles. The summed E-state index contributed by atoms with van der Waals surface area (Å²) >= 11 is 0. The molecule has 0 saturated heterocycles. The van der Waals surface area contributed by atoms with Crippen molar-refractivity contribution in [2.24, 2.45) is 0 Å². The Kier molecular flexibility index (Phi) is 7.63. The number of amides is 1. The molecule has 0 saturated carbocycles. The number of furan rings is 2. The van der Waals surface area contributed by atoms with E-state index in [4.69, 9.17) is 4.42 Å². The van der Waals surface area contributed by atoms with E-state index in [9.17, 15) is 23.1 Å². The van der Waals surface area contributed by atoms with Gasteiger partial charge in [-0.2, -0.15) is 0 Å². The molecule has 7 nitrogen and oxygen atoms in total. The van der Waals surface area contributed by atoms with E-state index < -0.39 is 27.8 Å². The molecule has 1 amide bonds. The highest BCUT2D eigenvalue weighted by Gasteiger charge is 2.19. The molecule has 0 spiro atoms. The Morgan fingerprint density at radius 1 is 0.939 bits per heavy atom. The highest BCUT2D eigenvalue weighted by Crippen LogP contribution is 2.16. The van der Waals surface area contributed by atoms with Crippen molar-refractivity contribution in [1.29, 1.82) is 0 Å². The van der Waals surface area contributed by atoms with Crippen molar-refractivity contribution < 1.29 is 27.5 Å². The zero-order valence-electron chi connectivity index (χ0n) is 17.8. The molecule has 0 aliphatic heterocycles. The highest BCUT2D eigenvalue weighted by molar-refractivity contribution is 7.90. The number of carboxylic acid groups (broad SMARTS) is 1. The first kappa shape index (κ1) is 23.7. The van der Waals surface area contributed by atoms with Gasteiger partial charge in [-0.3, -0.25) is 4.79 Å². The van der Waals surface area contributed by atoms with Crippen LogP contribution in [0.25, 0.3) is 17.2 Å². The average molecular weight is 466 g/mol. The van der Waals surface area contributed by atoms with Crippen LogP contribution < -0.4 is 5.32 Å². The Labute approximate surface area is 191 Å². The summed E-state index contributed by atoms with van der Waals surface area (Å²) in [6.45, 7) is 0. The van der Waals surface area contributed by atoms with Gasteiger partial charge in [0.15, 0.2) is 9.84 Å². The number of rotatable bonds is 7. The van der Waals surface area contributed by atoms with Gasteiger partial charge in [0.2, 0.25) is 5.91 Å². The molecule has 4 rings (SSSR count). The zero-order valence-corrected chi connectivity index (χ0v) is 18.7. The predicted molar refractivity (Wildman–Crippen MR) is 126 cm³/mol. The number of nitrogens with one attached hydrogen (secondary N) is 1. The first-order valence-electron chi connectivity index (χ1n) is 10.0. The van der Waals surface area contributed by atoms with Crippen LogP contribution in [-0.2, 0) is 25.8 Å². The summed E-state index contributed by atoms with van der Waals surface area (Å²) in [5, 5.41) is 11.7. The van der Waals surface area contributed by atoms with E-state index >= 15 is 0 Å². The van der Waals surface area contributed by atoms with Gasteiger partial charge in [0, 0.05) is 18.8 Å². The van der Waals surface area contributed by atoms with Crippen LogP contribution >= 0.6 is 0 Å². The van der Waals surface area contributed by atoms with Crippen molar-refractivity contribution in [2.75, 3.05) is 6.26 Å². The van der Waals surface area contributed by atoms with Crippen molar-refractivity contribution >= 4 is 39.0 Å². The molecule has 1 atom stereocenters. The van der Waals surface area contributed by atoms with Gasteiger partial charge in [-0.05, 0) is 47.5 Å². The molecule has 2 N–H and O–H groups in total. The summed E-state index contributed by atoms with van der Waals surface area (Å²) in [7, 11) is -3.44. The highest BCUT2D eigenvalue weighted by atomic mass is 32.2. The second kappa shape index (κ2) is 10.6. The van der Waals surface area contributed by atoms with Gasteiger partial charge in [0.25, 0.3) is 0 Å². The maximum absolute atomic E-state index is 12.1. The minimum Gasteiger partial charge on any atom is -0.480 e. The molecule has 0 aliphatic rings. The lowest BCUT2D eigenvalue weighted by Gasteiger charge is -2.13. The zero-order chi connectivity index (χ0) is 23.8. The van der Waals surface area contributed by atoms with Crippen LogP contribution in [0.4, 0.5) is 0 Å². The average Bonchev–Trinajstić information content (AvgIpc) is 3.44. The number of carbonyl (C=O) groups excluding carboxylic acids is 1. The molecule has 2 aromatic carbocycles. The van der Waals surface area contributed by atoms with Crippen molar-refractivity contribution in [3.63, 3.8) is 0 Å². The first-order chi connectivity index (χ1) is 15.7. The van der Waals surface area contributed by atoms with Crippen LogP contribution in [-0.4, -0.2) is 37.7 Å². The molecule has 4 aromatic rings. The van der Waals surface area contributed by atoms with Gasteiger partial charge in [0.05, 0.1) is 4.90 Å². The molecule has 2 heterocycles. The van der Waals surface area contributed by atoms with Crippen LogP contribution in [0.5, 0.6) is 0 Å². The third-order valence-corrected chi connectivity index (χ3v) is 5.86. The standard InChI is InChI=1S/C19H19NO5S.C6H4O/c1-26(24,25)17-10-6-5-9-15(17)11-12-18(21)20-16(19(22)23)13-14-7-3-2-4-8-14;1-2-6-4-3-5(1)7-6/h2-12,16H,13H2,1H3,(H,20,21)(H,22,23);1-4H. The quantitative estimate of drug-likeness (QED) is 0.402. The number of hydrogen-bond donors (Lipinski definition) is 2. The number of sulfone groups is 1. The van der Waals surface area contributed by atoms with E-state index in [0.717, 1.165) is 29.1 Å². The van der Waals surface area contributed by atoms with Gasteiger partial charge in [-0.1, -0.05) is 48.5 Å². The fourth-order valence-corrected chi connectivity index (χ4v) is 3.99. The van der Waals surface area contributed by atoms with E-state index in [1.54, 1.807) is 42.5 Å². The monoisotopic (exact) mass is 465 g/mol. The van der Waals surface area contributed by atoms with E-state index in [2.05, 4.69) is 5.32 Å². The van der Waals surface area contributed by atoms with E-state index in [0.29, 0.717) is 5.56 Å². The molecular formula is C25H23NO6S. The number of aliphatic carboxylic acids is 1. The van der Waals surface area contributed by atoms with Crippen molar-refractivity contribution in [3.05, 3.63) is 96.1 Å². The Bertz CT molecular complexity index is 1300. The molecule has 0 aliphatic carbocycles. The SMILES string of the molecule is CS(=O)(=O)c1ccccc1C=CC(=O)NC(Cc1ccccc1)C(=O)O.c1cc2ccc1o2. The number of carbonyl (C=O) groups is 2. The molecule has 0 radical (unpaired) electrons. The van der Waals surface area contributed by atoms with Gasteiger partial charge in [-0.15, -0.1) is 0 Å². The first-order valence-corrected chi connectivity index (χ1v) is 11.9. The summed E-state index contributed by atoms with van der Waals surface area (Å²) in [6, 6.07) is 21.9. The van der Waals surface area contributed by atoms with Crippen LogP contribution in [0.15, 0.2) is 94.3 Å². The van der Waals surface area contributed by atoms with Gasteiger partial charge in [-0.25, -0.2) is 13.2 Å². The normalized spacial score (nSPS) is 12.3. The largest absolute Gasteiger partial charge is 0.480 e. The lowest BCUT2D eigenvalue weighted by molar-refractivity contribution is -0.141. The third kappa shape index (κ3) is 7.05. The van der Waals surface area contributed by atoms with E-state index in [-0.39, 0.29) is 11.3 Å². The molecule has 8 heteroatoms. The van der Waals surface area contributed by atoms with Crippen molar-refractivity contribution in [3.8, 4) is 0 Å². The summed E-state index contributed by atoms with van der Waals surface area (Å²) < 4.78 is 28.6. The number of benzene rings is 3. The summed E-state index contributed by atoms with van der Waals surface area (Å²) in [4.78, 5) is 23.6. The lowest BCUT2D eigenvalue weighted by atomic mass is 10.1. The topological polar surface area (TPSA) is 114 Å². The van der Waals surface area contributed by atoms with Gasteiger partial charge in [0.1, 0.15) is 17.2 Å². The Morgan fingerprint density at radius 2 is 1.52 bits per heavy atom. The Balaban J connectivity index is 0.000000364. The third-order valence-electron chi connectivity index (χ3n) is 4.69. The number of hydrogen-bond acceptors (Lipinski definition) is 5. The maximum Gasteiger partial charge on any atom is 0.326 e. The van der Waals surface area contributed by atoms with Crippen LogP contribution in [0.1, 0.15) is 11.1 Å². The Hall–Kier alpha value is -3.91. The van der Waals surface area contributed by atoms with Crippen LogP contribution in [0, 0.1) is 0 Å². The molecule has 1 unspecified atom stereocenters. The molecule has 0 fully saturated rings. The fraction of sp³-hybridized carbons (Fsp3) is 0.120. The Morgan fingerprint density at radius 3 is 2.03 bits per heavy atom. The molecule has 2 bridgehead atoms. The number of carboxylic acids is 1. The van der Waals surface area contributed by atoms with E-state index in [1.807, 2.05) is 30.3 Å². The van der Waals surface area contributed by atoms with Crippen molar-refractivity contribution in [1.82, 2.24) is 5.32 Å². The number of fused-ring (bicyclic) bond motifs is 2. The van der Waals surface area contributed by atoms with Crippen LogP contribution in [0.3, 0.4) is 0 Å². The van der Waals surface area contributed by atoms with Crippen molar-refractivity contribution in [2.45, 2.75) is 17.4 Å². The summed E-state index contributed by atoms with van der Waals surface area (Å²) in [6.07, 6.45) is 3.72. The van der Waals surface area contributed by atoms with Gasteiger partial charge >= 0.3 is 5.97 Å². The molecule has 170 valence electrons. The second-order valence-corrected chi connectivity index (χ2v) is 9.29. The van der Waals surface area contributed by atoms with Crippen LogP contribution in [0.2, 0.25) is 0 Å². The second-order valence-electron chi connectivity index (χ2n) is 7.31. The fourth-order valence-electron chi connectivity index (χ4n) is 3.10. The predicted octanol–water partition coefficient (Wildman–Crippen LogP) is 3.79. The maximum atomic E-state index is 12.1. The van der Waals surface area contributed by atoms with E-state index in [1.165, 1.54) is 12.1 Å². The minimum absolute atomic E-state index is 0.100. The molecule has 33 heavy (non-hydrogen) atoms.